The minimum atomic E-state index is -1.20. The van der Waals surface area contributed by atoms with Gasteiger partial charge in [0.15, 0.2) is 0 Å². The minimum Gasteiger partial charge on any atom is -0.545 e. The molecule has 0 spiro atoms. The maximum absolute atomic E-state index is 10.1. The lowest BCUT2D eigenvalue weighted by molar-refractivity contribution is -0.297. The second-order valence-corrected chi connectivity index (χ2v) is 3.04. The predicted molar refractivity (Wildman–Crippen MR) is 51.2 cm³/mol. The quantitative estimate of drug-likeness (QED) is 0.638. The molecular weight excluding hydrogens is 180 g/mol. The number of rotatable bonds is 5. The molecule has 1 rings (SSSR count). The molecule has 0 aliphatic rings. The average molecular weight is 193 g/mol. The van der Waals surface area contributed by atoms with Crippen LogP contribution in [-0.4, -0.2) is 15.5 Å². The lowest BCUT2D eigenvalue weighted by Gasteiger charge is -1.97. The number of aliphatic carboxylic acids is 1. The van der Waals surface area contributed by atoms with Gasteiger partial charge < -0.3 is 14.5 Å². The van der Waals surface area contributed by atoms with E-state index in [1.807, 2.05) is 10.8 Å². The van der Waals surface area contributed by atoms with Gasteiger partial charge in [0.05, 0.1) is 18.0 Å². The maximum atomic E-state index is 10.1. The van der Waals surface area contributed by atoms with Crippen molar-refractivity contribution in [3.8, 4) is 0 Å². The van der Waals surface area contributed by atoms with Crippen LogP contribution in [0.1, 0.15) is 25.5 Å². The van der Waals surface area contributed by atoms with Crippen LogP contribution in [0.25, 0.3) is 6.08 Å². The second-order valence-electron chi connectivity index (χ2n) is 3.04. The van der Waals surface area contributed by atoms with Crippen molar-refractivity contribution < 1.29 is 9.90 Å². The van der Waals surface area contributed by atoms with Crippen molar-refractivity contribution in [3.63, 3.8) is 0 Å². The molecule has 4 heteroatoms. The van der Waals surface area contributed by atoms with Gasteiger partial charge in [-0.15, -0.1) is 0 Å². The van der Waals surface area contributed by atoms with E-state index in [2.05, 4.69) is 11.9 Å². The van der Waals surface area contributed by atoms with Crippen LogP contribution in [0, 0.1) is 0 Å². The Balaban J connectivity index is 2.54. The first-order chi connectivity index (χ1) is 6.72. The smallest absolute Gasteiger partial charge is 0.0953 e. The van der Waals surface area contributed by atoms with Crippen LogP contribution >= 0.6 is 0 Å². The summed E-state index contributed by atoms with van der Waals surface area (Å²) in [6.07, 6.45) is 8.15. The molecule has 1 heterocycles. The van der Waals surface area contributed by atoms with Crippen molar-refractivity contribution >= 4 is 12.0 Å². The molecule has 1 aromatic heterocycles. The summed E-state index contributed by atoms with van der Waals surface area (Å²) in [5, 5.41) is 10.1. The number of aromatic nitrogens is 2. The van der Waals surface area contributed by atoms with Crippen molar-refractivity contribution in [1.82, 2.24) is 9.55 Å². The Morgan fingerprint density at radius 1 is 1.71 bits per heavy atom. The van der Waals surface area contributed by atoms with Gasteiger partial charge in [-0.05, 0) is 18.6 Å². The van der Waals surface area contributed by atoms with E-state index in [1.165, 1.54) is 6.08 Å². The fourth-order valence-electron chi connectivity index (χ4n) is 1.08. The number of unbranched alkanes of at least 4 members (excludes halogenated alkanes) is 1. The number of carboxylic acids is 1. The van der Waals surface area contributed by atoms with Gasteiger partial charge in [-0.1, -0.05) is 13.3 Å². The van der Waals surface area contributed by atoms with Crippen LogP contribution in [0.2, 0.25) is 0 Å². The molecule has 0 aliphatic heterocycles. The van der Waals surface area contributed by atoms with Crippen molar-refractivity contribution in [2.45, 2.75) is 26.3 Å². The number of nitrogens with zero attached hydrogens (tertiary/aromatic N) is 2. The molecule has 14 heavy (non-hydrogen) atoms. The number of hydrogen-bond acceptors (Lipinski definition) is 3. The molecule has 76 valence electrons. The third-order valence-electron chi connectivity index (χ3n) is 1.81. The number of aryl methyl sites for hydroxylation is 1. The first-order valence-electron chi connectivity index (χ1n) is 4.63. The summed E-state index contributed by atoms with van der Waals surface area (Å²) in [4.78, 5) is 14.1. The molecule has 0 bridgehead atoms. The fraction of sp³-hybridized carbons (Fsp3) is 0.400. The van der Waals surface area contributed by atoms with Gasteiger partial charge in [0, 0.05) is 12.7 Å². The van der Waals surface area contributed by atoms with Gasteiger partial charge in [-0.3, -0.25) is 0 Å². The van der Waals surface area contributed by atoms with Crippen LogP contribution < -0.4 is 5.11 Å². The molecule has 0 amide bonds. The third kappa shape index (κ3) is 3.43. The van der Waals surface area contributed by atoms with Crippen LogP contribution in [0.3, 0.4) is 0 Å². The number of carbonyl (C=O) groups is 1. The highest BCUT2D eigenvalue weighted by Gasteiger charge is 1.93. The first-order valence-corrected chi connectivity index (χ1v) is 4.63. The van der Waals surface area contributed by atoms with E-state index >= 15 is 0 Å². The highest BCUT2D eigenvalue weighted by Crippen LogP contribution is 2.00. The summed E-state index contributed by atoms with van der Waals surface area (Å²) >= 11 is 0. The Hall–Kier alpha value is -1.58. The molecule has 0 unspecified atom stereocenters. The summed E-state index contributed by atoms with van der Waals surface area (Å²) in [6.45, 7) is 3.04. The molecule has 4 nitrogen and oxygen atoms in total. The molecule has 0 saturated heterocycles. The molecule has 0 radical (unpaired) electrons. The van der Waals surface area contributed by atoms with E-state index in [0.717, 1.165) is 25.5 Å². The third-order valence-corrected chi connectivity index (χ3v) is 1.81. The van der Waals surface area contributed by atoms with Gasteiger partial charge in [-0.2, -0.15) is 0 Å². The lowest BCUT2D eigenvalue weighted by Crippen LogP contribution is -2.18. The van der Waals surface area contributed by atoms with Crippen LogP contribution in [-0.2, 0) is 11.3 Å². The normalized spacial score (nSPS) is 10.9. The number of carboxylic acid groups (broad SMARTS) is 1. The van der Waals surface area contributed by atoms with Crippen molar-refractivity contribution in [1.29, 1.82) is 0 Å². The average Bonchev–Trinajstić information content (AvgIpc) is 2.59. The molecule has 0 N–H and O–H groups in total. The van der Waals surface area contributed by atoms with Crippen LogP contribution in [0.4, 0.5) is 0 Å². The summed E-state index contributed by atoms with van der Waals surface area (Å²) in [5.74, 6) is -1.20. The Kier molecular flexibility index (Phi) is 3.91. The summed E-state index contributed by atoms with van der Waals surface area (Å²) in [5.41, 5.74) is 0.644. The van der Waals surface area contributed by atoms with Crippen molar-refractivity contribution in [2.24, 2.45) is 0 Å². The van der Waals surface area contributed by atoms with E-state index in [1.54, 1.807) is 6.33 Å². The molecular formula is C10H13N2O2-. The highest BCUT2D eigenvalue weighted by molar-refractivity contribution is 5.83. The zero-order valence-electron chi connectivity index (χ0n) is 8.14. The Labute approximate surface area is 82.9 Å². The van der Waals surface area contributed by atoms with E-state index in [-0.39, 0.29) is 0 Å². The van der Waals surface area contributed by atoms with E-state index in [0.29, 0.717) is 5.69 Å². The molecule has 0 atom stereocenters. The topological polar surface area (TPSA) is 58.0 Å². The SMILES string of the molecule is CCCCn1cnc(/C=C/C(=O)[O-])c1. The molecule has 0 aliphatic carbocycles. The number of hydrogen-bond donors (Lipinski definition) is 0. The van der Waals surface area contributed by atoms with Gasteiger partial charge in [-0.25, -0.2) is 4.98 Å². The lowest BCUT2D eigenvalue weighted by atomic mass is 10.3. The molecule has 0 saturated carbocycles. The van der Waals surface area contributed by atoms with E-state index < -0.39 is 5.97 Å². The Morgan fingerprint density at radius 2 is 2.50 bits per heavy atom. The minimum absolute atomic E-state index is 0.644. The first kappa shape index (κ1) is 10.5. The fourth-order valence-corrected chi connectivity index (χ4v) is 1.08. The summed E-state index contributed by atoms with van der Waals surface area (Å²) < 4.78 is 1.94. The largest absolute Gasteiger partial charge is 0.545 e. The maximum Gasteiger partial charge on any atom is 0.0953 e. The van der Waals surface area contributed by atoms with E-state index in [4.69, 9.17) is 0 Å². The Bertz CT molecular complexity index is 329. The predicted octanol–water partition coefficient (Wildman–Crippen LogP) is 0.446. The van der Waals surface area contributed by atoms with Gasteiger partial charge in [0.2, 0.25) is 0 Å². The monoisotopic (exact) mass is 193 g/mol. The Morgan fingerprint density at radius 3 is 3.14 bits per heavy atom. The summed E-state index contributed by atoms with van der Waals surface area (Å²) in [6, 6.07) is 0. The highest BCUT2D eigenvalue weighted by atomic mass is 16.4. The molecule has 1 aromatic rings. The number of carbonyl (C=O) groups excluding carboxylic acids is 1. The summed E-state index contributed by atoms with van der Waals surface area (Å²) in [7, 11) is 0. The zero-order valence-corrected chi connectivity index (χ0v) is 8.14. The number of imidazole rings is 1. The van der Waals surface area contributed by atoms with Crippen LogP contribution in [0.15, 0.2) is 18.6 Å². The second kappa shape index (κ2) is 5.21. The van der Waals surface area contributed by atoms with Gasteiger partial charge >= 0.3 is 0 Å². The van der Waals surface area contributed by atoms with Crippen LogP contribution in [0.5, 0.6) is 0 Å². The van der Waals surface area contributed by atoms with Crippen molar-refractivity contribution in [2.75, 3.05) is 0 Å². The zero-order chi connectivity index (χ0) is 10.4. The molecule has 0 fully saturated rings. The van der Waals surface area contributed by atoms with E-state index in [9.17, 15) is 9.90 Å². The standard InChI is InChI=1S/C10H14N2O2/c1-2-3-6-12-7-9(11-8-12)4-5-10(13)14/h4-5,7-8H,2-3,6H2,1H3,(H,13,14)/p-1/b5-4+. The van der Waals surface area contributed by atoms with Gasteiger partial charge in [0.1, 0.15) is 0 Å². The van der Waals surface area contributed by atoms with Gasteiger partial charge in [0.25, 0.3) is 0 Å². The van der Waals surface area contributed by atoms with Crippen molar-refractivity contribution in [3.05, 3.63) is 24.3 Å². The molecule has 0 aromatic carbocycles.